The van der Waals surface area contributed by atoms with Crippen LogP contribution in [0.1, 0.15) is 0 Å². The van der Waals surface area contributed by atoms with Crippen molar-refractivity contribution in [3.63, 3.8) is 0 Å². The van der Waals surface area contributed by atoms with Crippen molar-refractivity contribution in [1.29, 1.82) is 0 Å². The number of nitrogens with one attached hydrogen (secondary N) is 1. The topological polar surface area (TPSA) is 71.8 Å². The van der Waals surface area contributed by atoms with Gasteiger partial charge in [-0.05, 0) is 30.3 Å². The maximum atomic E-state index is 11.9. The lowest BCUT2D eigenvalue weighted by atomic mass is 10.1. The summed E-state index contributed by atoms with van der Waals surface area (Å²) in [7, 11) is 3.35. The van der Waals surface area contributed by atoms with Crippen LogP contribution in [0.5, 0.6) is 5.75 Å². The third-order valence-corrected chi connectivity index (χ3v) is 4.20. The Morgan fingerprint density at radius 2 is 2.00 bits per heavy atom. The van der Waals surface area contributed by atoms with Gasteiger partial charge in [0.2, 0.25) is 5.91 Å². The molecule has 7 heteroatoms. The summed E-state index contributed by atoms with van der Waals surface area (Å²) in [6.45, 7) is 0. The first-order chi connectivity index (χ1) is 12.5. The van der Waals surface area contributed by atoms with Gasteiger partial charge in [-0.2, -0.15) is 0 Å². The van der Waals surface area contributed by atoms with E-state index in [2.05, 4.69) is 5.32 Å². The number of amides is 1. The van der Waals surface area contributed by atoms with Gasteiger partial charge in [-0.3, -0.25) is 4.79 Å². The number of ether oxygens (including phenoxy) is 1. The van der Waals surface area contributed by atoms with Crippen molar-refractivity contribution in [2.75, 3.05) is 30.3 Å². The van der Waals surface area contributed by atoms with Crippen LogP contribution in [-0.2, 0) is 4.79 Å². The van der Waals surface area contributed by atoms with E-state index in [0.29, 0.717) is 22.7 Å². The molecule has 0 saturated heterocycles. The van der Waals surface area contributed by atoms with Gasteiger partial charge < -0.3 is 19.4 Å². The van der Waals surface area contributed by atoms with Gasteiger partial charge in [0.25, 0.3) is 0 Å². The fraction of sp³-hybridized carbons (Fsp3) is 0.158. The van der Waals surface area contributed by atoms with Crippen molar-refractivity contribution in [3.8, 4) is 5.75 Å². The molecule has 3 rings (SSSR count). The lowest BCUT2D eigenvalue weighted by Gasteiger charge is -2.22. The molecule has 1 aromatic heterocycles. The number of halogens is 1. The number of benzene rings is 2. The molecule has 1 N–H and O–H groups in total. The highest BCUT2D eigenvalue weighted by Gasteiger charge is 2.14. The van der Waals surface area contributed by atoms with Crippen molar-refractivity contribution in [1.82, 2.24) is 0 Å². The Bertz CT molecular complexity index is 1020. The van der Waals surface area contributed by atoms with Crippen molar-refractivity contribution in [3.05, 3.63) is 59.0 Å². The molecule has 1 amide bonds. The number of fused-ring (bicyclic) bond motifs is 1. The van der Waals surface area contributed by atoms with Crippen molar-refractivity contribution in [2.45, 2.75) is 0 Å². The predicted molar refractivity (Wildman–Crippen MR) is 103 cm³/mol. The minimum absolute atomic E-state index is 0.159. The van der Waals surface area contributed by atoms with E-state index in [1.165, 1.54) is 13.2 Å². The Balaban J connectivity index is 2.08. The Kier molecular flexibility index (Phi) is 5.14. The number of carbonyl (C=O) groups excluding carboxylic acids is 1. The maximum absolute atomic E-state index is 11.9. The summed E-state index contributed by atoms with van der Waals surface area (Å²) >= 11 is 5.57. The molecule has 0 aliphatic heterocycles. The molecule has 0 radical (unpaired) electrons. The average Bonchev–Trinajstić information content (AvgIpc) is 2.66. The number of hydrogen-bond donors (Lipinski definition) is 1. The first-order valence-electron chi connectivity index (χ1n) is 7.84. The minimum atomic E-state index is -0.435. The summed E-state index contributed by atoms with van der Waals surface area (Å²) in [5, 5.41) is 3.51. The summed E-state index contributed by atoms with van der Waals surface area (Å²) < 4.78 is 10.5. The maximum Gasteiger partial charge on any atom is 0.338 e. The lowest BCUT2D eigenvalue weighted by molar-refractivity contribution is -0.113. The number of rotatable bonds is 5. The zero-order valence-corrected chi connectivity index (χ0v) is 15.0. The number of anilines is 3. The largest absolute Gasteiger partial charge is 0.495 e. The molecule has 0 aliphatic carbocycles. The highest BCUT2D eigenvalue weighted by atomic mass is 35.5. The van der Waals surface area contributed by atoms with E-state index in [4.69, 9.17) is 20.8 Å². The van der Waals surface area contributed by atoms with Crippen LogP contribution in [0.15, 0.2) is 57.7 Å². The highest BCUT2D eigenvalue weighted by molar-refractivity contribution is 6.29. The van der Waals surface area contributed by atoms with E-state index in [-0.39, 0.29) is 11.8 Å². The molecule has 0 saturated carbocycles. The molecule has 134 valence electrons. The van der Waals surface area contributed by atoms with Crippen molar-refractivity contribution in [2.24, 2.45) is 0 Å². The molecule has 0 unspecified atom stereocenters. The molecule has 0 bridgehead atoms. The number of methoxy groups -OCH3 is 1. The Morgan fingerprint density at radius 3 is 2.73 bits per heavy atom. The van der Waals surface area contributed by atoms with Crippen LogP contribution in [0.4, 0.5) is 17.1 Å². The Morgan fingerprint density at radius 1 is 1.23 bits per heavy atom. The SMILES string of the molecule is COc1ccc(N(C)c2cc(=O)oc3ccccc23)cc1NC(=O)CCl. The second kappa shape index (κ2) is 7.49. The highest BCUT2D eigenvalue weighted by Crippen LogP contribution is 2.34. The summed E-state index contributed by atoms with van der Waals surface area (Å²) in [6.07, 6.45) is 0. The smallest absolute Gasteiger partial charge is 0.338 e. The zero-order valence-electron chi connectivity index (χ0n) is 14.3. The molecular formula is C19H17ClN2O4. The molecule has 3 aromatic rings. The number of hydrogen-bond acceptors (Lipinski definition) is 5. The molecule has 0 spiro atoms. The van der Waals surface area contributed by atoms with Crippen LogP contribution in [0, 0.1) is 0 Å². The first-order valence-corrected chi connectivity index (χ1v) is 8.37. The van der Waals surface area contributed by atoms with Crippen LogP contribution in [-0.4, -0.2) is 25.9 Å². The van der Waals surface area contributed by atoms with Gasteiger partial charge in [0, 0.05) is 24.2 Å². The van der Waals surface area contributed by atoms with E-state index in [9.17, 15) is 9.59 Å². The van der Waals surface area contributed by atoms with Gasteiger partial charge in [0.05, 0.1) is 18.5 Å². The standard InChI is InChI=1S/C19H17ClN2O4/c1-22(15-10-19(24)26-16-6-4-3-5-13(15)16)12-7-8-17(25-2)14(9-12)21-18(23)11-20/h3-10H,11H2,1-2H3,(H,21,23). The molecule has 2 aromatic carbocycles. The predicted octanol–water partition coefficient (Wildman–Crippen LogP) is 3.75. The van der Waals surface area contributed by atoms with Crippen LogP contribution in [0.3, 0.4) is 0 Å². The number of carbonyl (C=O) groups is 1. The molecular weight excluding hydrogens is 356 g/mol. The van der Waals surface area contributed by atoms with Gasteiger partial charge in [-0.25, -0.2) is 4.79 Å². The second-order valence-electron chi connectivity index (χ2n) is 5.57. The normalized spacial score (nSPS) is 10.6. The zero-order chi connectivity index (χ0) is 18.7. The third kappa shape index (κ3) is 3.50. The fourth-order valence-corrected chi connectivity index (χ4v) is 2.76. The lowest BCUT2D eigenvalue weighted by Crippen LogP contribution is -2.16. The van der Waals surface area contributed by atoms with Crippen LogP contribution in [0.25, 0.3) is 11.0 Å². The monoisotopic (exact) mass is 372 g/mol. The fourth-order valence-electron chi connectivity index (χ4n) is 2.70. The molecule has 1 heterocycles. The molecule has 6 nitrogen and oxygen atoms in total. The summed E-state index contributed by atoms with van der Waals surface area (Å²) in [4.78, 5) is 25.4. The van der Waals surface area contributed by atoms with Crippen molar-refractivity contribution >= 4 is 45.5 Å². The molecule has 0 atom stereocenters. The van der Waals surface area contributed by atoms with E-state index >= 15 is 0 Å². The average molecular weight is 373 g/mol. The first kappa shape index (κ1) is 17.8. The molecule has 0 fully saturated rings. The third-order valence-electron chi connectivity index (χ3n) is 3.96. The second-order valence-corrected chi connectivity index (χ2v) is 5.84. The van der Waals surface area contributed by atoms with E-state index < -0.39 is 5.63 Å². The van der Waals surface area contributed by atoms with E-state index in [1.807, 2.05) is 36.2 Å². The Labute approximate surface area is 154 Å². The number of alkyl halides is 1. The summed E-state index contributed by atoms with van der Waals surface area (Å²) in [5.74, 6) is 0.0155. The van der Waals surface area contributed by atoms with Crippen LogP contribution in [0.2, 0.25) is 0 Å². The van der Waals surface area contributed by atoms with Gasteiger partial charge in [-0.15, -0.1) is 11.6 Å². The van der Waals surface area contributed by atoms with Crippen molar-refractivity contribution < 1.29 is 13.9 Å². The van der Waals surface area contributed by atoms with E-state index in [1.54, 1.807) is 18.2 Å². The summed E-state index contributed by atoms with van der Waals surface area (Å²) in [5.41, 5.74) is 2.01. The van der Waals surface area contributed by atoms with Gasteiger partial charge in [-0.1, -0.05) is 12.1 Å². The van der Waals surface area contributed by atoms with Gasteiger partial charge in [0.15, 0.2) is 0 Å². The van der Waals surface area contributed by atoms with Gasteiger partial charge in [0.1, 0.15) is 17.2 Å². The minimum Gasteiger partial charge on any atom is -0.495 e. The summed E-state index contributed by atoms with van der Waals surface area (Å²) in [6, 6.07) is 14.1. The van der Waals surface area contributed by atoms with Crippen LogP contribution < -0.4 is 20.6 Å². The molecule has 26 heavy (non-hydrogen) atoms. The molecule has 0 aliphatic rings. The number of nitrogens with zero attached hydrogens (tertiary/aromatic N) is 1. The van der Waals surface area contributed by atoms with Crippen LogP contribution >= 0.6 is 11.6 Å². The quantitative estimate of drug-likeness (QED) is 0.545. The number of para-hydroxylation sites is 1. The van der Waals surface area contributed by atoms with Gasteiger partial charge >= 0.3 is 5.63 Å². The van der Waals surface area contributed by atoms with E-state index in [0.717, 1.165) is 11.1 Å². The Hall–Kier alpha value is -2.99.